The number of phenols is 1. The number of phenolic OH excluding ortho intramolecular Hbond substituents is 1. The fraction of sp³-hybridized carbons (Fsp3) is 0.300. The summed E-state index contributed by atoms with van der Waals surface area (Å²) in [6, 6.07) is 6.18. The van der Waals surface area contributed by atoms with E-state index in [1.165, 1.54) is 12.1 Å². The lowest BCUT2D eigenvalue weighted by molar-refractivity contribution is 0.0913. The average molecular weight is 179 g/mol. The van der Waals surface area contributed by atoms with E-state index in [-0.39, 0.29) is 11.5 Å². The molecule has 3 heteroatoms. The summed E-state index contributed by atoms with van der Waals surface area (Å²) in [6.45, 7) is 3.28. The maximum atomic E-state index is 11.6. The third kappa shape index (κ3) is 2.29. The molecule has 3 N–H and O–H groups in total. The van der Waals surface area contributed by atoms with Gasteiger partial charge in [0.15, 0.2) is 5.78 Å². The minimum atomic E-state index is -0.895. The Balaban J connectivity index is 3.03. The molecule has 0 saturated heterocycles. The third-order valence-electron chi connectivity index (χ3n) is 1.69. The van der Waals surface area contributed by atoms with Crippen molar-refractivity contribution in [2.24, 2.45) is 5.73 Å². The van der Waals surface area contributed by atoms with E-state index in [4.69, 9.17) is 10.8 Å². The second-order valence-corrected chi connectivity index (χ2v) is 3.60. The highest BCUT2D eigenvalue weighted by molar-refractivity contribution is 6.02. The predicted molar refractivity (Wildman–Crippen MR) is 50.7 cm³/mol. The molecule has 1 rings (SSSR count). The Morgan fingerprint density at radius 2 is 2.08 bits per heavy atom. The second kappa shape index (κ2) is 3.18. The minimum Gasteiger partial charge on any atom is -0.508 e. The van der Waals surface area contributed by atoms with E-state index in [1.54, 1.807) is 26.0 Å². The van der Waals surface area contributed by atoms with Gasteiger partial charge in [0.2, 0.25) is 0 Å². The molecule has 70 valence electrons. The highest BCUT2D eigenvalue weighted by Gasteiger charge is 2.23. The number of carbonyl (C=O) groups excluding carboxylic acids is 1. The van der Waals surface area contributed by atoms with E-state index in [2.05, 4.69) is 0 Å². The number of rotatable bonds is 2. The smallest absolute Gasteiger partial charge is 0.182 e. The first-order valence-electron chi connectivity index (χ1n) is 4.04. The van der Waals surface area contributed by atoms with Gasteiger partial charge in [0.25, 0.3) is 0 Å². The van der Waals surface area contributed by atoms with Gasteiger partial charge in [-0.25, -0.2) is 0 Å². The molecule has 0 radical (unpaired) electrons. The van der Waals surface area contributed by atoms with E-state index in [9.17, 15) is 4.79 Å². The lowest BCUT2D eigenvalue weighted by atomic mass is 9.94. The van der Waals surface area contributed by atoms with E-state index in [0.717, 1.165) is 0 Å². The Bertz CT molecular complexity index is 326. The molecule has 0 atom stereocenters. The summed E-state index contributed by atoms with van der Waals surface area (Å²) in [4.78, 5) is 11.6. The zero-order valence-corrected chi connectivity index (χ0v) is 7.74. The zero-order valence-electron chi connectivity index (χ0n) is 7.74. The lowest BCUT2D eigenvalue weighted by Gasteiger charge is -2.16. The van der Waals surface area contributed by atoms with Crippen molar-refractivity contribution < 1.29 is 9.90 Å². The Kier molecular flexibility index (Phi) is 2.38. The highest BCUT2D eigenvalue weighted by atomic mass is 16.3. The summed E-state index contributed by atoms with van der Waals surface area (Å²) in [5, 5.41) is 9.13. The molecule has 0 aliphatic rings. The van der Waals surface area contributed by atoms with Gasteiger partial charge in [-0.2, -0.15) is 0 Å². The maximum absolute atomic E-state index is 11.6. The van der Waals surface area contributed by atoms with Gasteiger partial charge in [-0.15, -0.1) is 0 Å². The molecular weight excluding hydrogens is 166 g/mol. The molecule has 0 amide bonds. The van der Waals surface area contributed by atoms with Gasteiger partial charge in [0, 0.05) is 5.56 Å². The molecule has 0 heterocycles. The van der Waals surface area contributed by atoms with E-state index in [0.29, 0.717) is 5.56 Å². The number of benzene rings is 1. The van der Waals surface area contributed by atoms with E-state index >= 15 is 0 Å². The third-order valence-corrected chi connectivity index (χ3v) is 1.69. The van der Waals surface area contributed by atoms with Crippen molar-refractivity contribution in [1.82, 2.24) is 0 Å². The van der Waals surface area contributed by atoms with Crippen LogP contribution in [0.3, 0.4) is 0 Å². The van der Waals surface area contributed by atoms with Crippen molar-refractivity contribution in [2.45, 2.75) is 19.4 Å². The molecule has 13 heavy (non-hydrogen) atoms. The summed E-state index contributed by atoms with van der Waals surface area (Å²) in [5.41, 5.74) is 5.17. The molecule has 0 aliphatic heterocycles. The van der Waals surface area contributed by atoms with Gasteiger partial charge in [0.05, 0.1) is 5.54 Å². The van der Waals surface area contributed by atoms with Gasteiger partial charge in [-0.05, 0) is 26.0 Å². The summed E-state index contributed by atoms with van der Waals surface area (Å²) in [7, 11) is 0. The molecule has 0 spiro atoms. The Labute approximate surface area is 77.2 Å². The first kappa shape index (κ1) is 9.74. The number of carbonyl (C=O) groups is 1. The van der Waals surface area contributed by atoms with Crippen molar-refractivity contribution in [1.29, 1.82) is 0 Å². The molecule has 0 saturated carbocycles. The van der Waals surface area contributed by atoms with E-state index in [1.807, 2.05) is 0 Å². The van der Waals surface area contributed by atoms with Crippen LogP contribution in [0.2, 0.25) is 0 Å². The molecule has 1 aromatic rings. The van der Waals surface area contributed by atoms with Crippen molar-refractivity contribution in [3.05, 3.63) is 29.8 Å². The predicted octanol–water partition coefficient (Wildman–Crippen LogP) is 1.31. The van der Waals surface area contributed by atoms with Gasteiger partial charge in [-0.3, -0.25) is 4.79 Å². The number of nitrogens with two attached hydrogens (primary N) is 1. The Morgan fingerprint density at radius 1 is 1.46 bits per heavy atom. The van der Waals surface area contributed by atoms with Crippen LogP contribution in [-0.4, -0.2) is 16.4 Å². The van der Waals surface area contributed by atoms with E-state index < -0.39 is 5.54 Å². The molecule has 0 bridgehead atoms. The quantitative estimate of drug-likeness (QED) is 0.673. The molecule has 0 aromatic heterocycles. The molecule has 3 nitrogen and oxygen atoms in total. The molecule has 1 aromatic carbocycles. The van der Waals surface area contributed by atoms with Gasteiger partial charge in [0.1, 0.15) is 5.75 Å². The van der Waals surface area contributed by atoms with Gasteiger partial charge in [-0.1, -0.05) is 12.1 Å². The number of hydrogen-bond donors (Lipinski definition) is 2. The number of ketones is 1. The van der Waals surface area contributed by atoms with Crippen LogP contribution in [0.15, 0.2) is 24.3 Å². The summed E-state index contributed by atoms with van der Waals surface area (Å²) in [5.74, 6) is -0.0986. The Morgan fingerprint density at radius 3 is 2.54 bits per heavy atom. The van der Waals surface area contributed by atoms with Crippen LogP contribution >= 0.6 is 0 Å². The van der Waals surface area contributed by atoms with Crippen LogP contribution in [-0.2, 0) is 0 Å². The normalized spacial score (nSPS) is 11.3. The topological polar surface area (TPSA) is 63.3 Å². The first-order chi connectivity index (χ1) is 5.91. The fourth-order valence-corrected chi connectivity index (χ4v) is 1.02. The van der Waals surface area contributed by atoms with Crippen LogP contribution in [0.1, 0.15) is 24.2 Å². The lowest BCUT2D eigenvalue weighted by Crippen LogP contribution is -2.41. The second-order valence-electron chi connectivity index (χ2n) is 3.60. The van der Waals surface area contributed by atoms with Crippen LogP contribution < -0.4 is 5.73 Å². The maximum Gasteiger partial charge on any atom is 0.182 e. The largest absolute Gasteiger partial charge is 0.508 e. The van der Waals surface area contributed by atoms with Crippen LogP contribution in [0.25, 0.3) is 0 Å². The zero-order chi connectivity index (χ0) is 10.1. The monoisotopic (exact) mass is 179 g/mol. The van der Waals surface area contributed by atoms with Crippen LogP contribution in [0.4, 0.5) is 0 Å². The van der Waals surface area contributed by atoms with Crippen molar-refractivity contribution >= 4 is 5.78 Å². The molecule has 0 aliphatic carbocycles. The first-order valence-corrected chi connectivity index (χ1v) is 4.04. The van der Waals surface area contributed by atoms with Crippen LogP contribution in [0.5, 0.6) is 5.75 Å². The van der Waals surface area contributed by atoms with Crippen molar-refractivity contribution in [3.8, 4) is 5.75 Å². The molecule has 0 fully saturated rings. The standard InChI is InChI=1S/C10H13NO2/c1-10(2,11)9(13)7-4-3-5-8(12)6-7/h3-6,12H,11H2,1-2H3. The average Bonchev–Trinajstić information content (AvgIpc) is 2.01. The Hall–Kier alpha value is -1.35. The highest BCUT2D eigenvalue weighted by Crippen LogP contribution is 2.15. The summed E-state index contributed by atoms with van der Waals surface area (Å²) >= 11 is 0. The fourth-order valence-electron chi connectivity index (χ4n) is 1.02. The SMILES string of the molecule is CC(C)(N)C(=O)c1cccc(O)c1. The molecular formula is C10H13NO2. The summed E-state index contributed by atoms with van der Waals surface area (Å²) < 4.78 is 0. The van der Waals surface area contributed by atoms with Crippen LogP contribution in [0, 0.1) is 0 Å². The minimum absolute atomic E-state index is 0.0788. The van der Waals surface area contributed by atoms with Crippen molar-refractivity contribution in [3.63, 3.8) is 0 Å². The summed E-state index contributed by atoms with van der Waals surface area (Å²) in [6.07, 6.45) is 0. The number of Topliss-reactive ketones (excluding diaryl/α,β-unsaturated/α-hetero) is 1. The number of hydrogen-bond acceptors (Lipinski definition) is 3. The van der Waals surface area contributed by atoms with Crippen molar-refractivity contribution in [2.75, 3.05) is 0 Å². The van der Waals surface area contributed by atoms with Gasteiger partial charge < -0.3 is 10.8 Å². The number of aromatic hydroxyl groups is 1. The van der Waals surface area contributed by atoms with Gasteiger partial charge >= 0.3 is 0 Å². The molecule has 0 unspecified atom stereocenters.